The predicted octanol–water partition coefficient (Wildman–Crippen LogP) is 1.98. The quantitative estimate of drug-likeness (QED) is 0.851. The summed E-state index contributed by atoms with van der Waals surface area (Å²) in [4.78, 5) is 14.4. The molecule has 2 aliphatic rings. The third kappa shape index (κ3) is 3.89. The molecule has 0 bridgehead atoms. The maximum Gasteiger partial charge on any atom is 0.222 e. The molecule has 1 N–H and O–H groups in total. The molecule has 2 saturated heterocycles. The summed E-state index contributed by atoms with van der Waals surface area (Å²) in [7, 11) is 0. The minimum Gasteiger partial charge on any atom is -0.341 e. The molecule has 3 nitrogen and oxygen atoms in total. The summed E-state index contributed by atoms with van der Waals surface area (Å²) in [5, 5.41) is 4.00. The first-order chi connectivity index (χ1) is 8.66. The van der Waals surface area contributed by atoms with Gasteiger partial charge in [-0.1, -0.05) is 13.8 Å². The Bertz CT molecular complexity index is 279. The lowest BCUT2D eigenvalue weighted by Gasteiger charge is -2.33. The van der Waals surface area contributed by atoms with E-state index < -0.39 is 0 Å². The van der Waals surface area contributed by atoms with Crippen molar-refractivity contribution in [1.29, 1.82) is 0 Å². The van der Waals surface area contributed by atoms with Gasteiger partial charge in [-0.25, -0.2) is 0 Å². The highest BCUT2D eigenvalue weighted by Crippen LogP contribution is 2.26. The molecule has 2 aliphatic heterocycles. The van der Waals surface area contributed by atoms with Crippen molar-refractivity contribution in [3.63, 3.8) is 0 Å². The van der Waals surface area contributed by atoms with Crippen molar-refractivity contribution < 1.29 is 4.79 Å². The average Bonchev–Trinajstić information content (AvgIpc) is 2.39. The third-order valence-corrected chi connectivity index (χ3v) is 5.42. The molecule has 0 saturated carbocycles. The lowest BCUT2D eigenvalue weighted by atomic mass is 9.84. The summed E-state index contributed by atoms with van der Waals surface area (Å²) in [6.45, 7) is 8.63. The van der Waals surface area contributed by atoms with Crippen molar-refractivity contribution in [3.05, 3.63) is 0 Å². The van der Waals surface area contributed by atoms with E-state index in [-0.39, 0.29) is 0 Å². The normalized spacial score (nSPS) is 28.1. The second-order valence-corrected chi connectivity index (χ2v) is 7.34. The molecule has 2 rings (SSSR count). The van der Waals surface area contributed by atoms with Crippen LogP contribution in [0.2, 0.25) is 0 Å². The van der Waals surface area contributed by atoms with Gasteiger partial charge in [-0.05, 0) is 37.8 Å². The van der Waals surface area contributed by atoms with E-state index in [1.54, 1.807) is 0 Å². The molecule has 2 unspecified atom stereocenters. The minimum atomic E-state index is 0.383. The zero-order valence-electron chi connectivity index (χ0n) is 11.7. The summed E-state index contributed by atoms with van der Waals surface area (Å²) in [6.07, 6.45) is 3.23. The number of hydrogen-bond donors (Lipinski definition) is 1. The van der Waals surface area contributed by atoms with Crippen molar-refractivity contribution in [1.82, 2.24) is 10.2 Å². The molecule has 104 valence electrons. The van der Waals surface area contributed by atoms with E-state index in [0.717, 1.165) is 44.3 Å². The lowest BCUT2D eigenvalue weighted by molar-refractivity contribution is -0.132. The van der Waals surface area contributed by atoms with Gasteiger partial charge in [-0.2, -0.15) is 11.8 Å². The number of nitrogens with one attached hydrogen (secondary N) is 1. The number of thioether (sulfide) groups is 1. The van der Waals surface area contributed by atoms with Crippen LogP contribution in [0, 0.1) is 11.8 Å². The molecule has 4 heteroatoms. The van der Waals surface area contributed by atoms with Gasteiger partial charge in [0.2, 0.25) is 5.91 Å². The minimum absolute atomic E-state index is 0.383. The first-order valence-corrected chi connectivity index (χ1v) is 8.32. The van der Waals surface area contributed by atoms with Gasteiger partial charge in [-0.15, -0.1) is 0 Å². The Morgan fingerprint density at radius 3 is 2.83 bits per heavy atom. The fraction of sp³-hybridized carbons (Fsp3) is 0.929. The van der Waals surface area contributed by atoms with Crippen molar-refractivity contribution in [2.45, 2.75) is 38.4 Å². The molecular formula is C14H26N2OS. The van der Waals surface area contributed by atoms with E-state index in [4.69, 9.17) is 0 Å². The highest BCUT2D eigenvalue weighted by molar-refractivity contribution is 7.99. The standard InChI is InChI=1S/C14H26N2OS/c1-11(13-3-5-15-6-4-13)9-14(17)16-7-8-18-12(2)10-16/h11-13,15H,3-10H2,1-2H3. The van der Waals surface area contributed by atoms with Crippen LogP contribution in [0.4, 0.5) is 0 Å². The van der Waals surface area contributed by atoms with Crippen molar-refractivity contribution in [2.24, 2.45) is 11.8 Å². The Hall–Kier alpha value is -0.220. The van der Waals surface area contributed by atoms with Gasteiger partial charge >= 0.3 is 0 Å². The van der Waals surface area contributed by atoms with E-state index in [2.05, 4.69) is 24.1 Å². The summed E-state index contributed by atoms with van der Waals surface area (Å²) >= 11 is 1.98. The summed E-state index contributed by atoms with van der Waals surface area (Å²) < 4.78 is 0. The summed E-state index contributed by atoms with van der Waals surface area (Å²) in [5.74, 6) is 2.78. The SMILES string of the molecule is CC1CN(C(=O)CC(C)C2CCNCC2)CCS1. The maximum absolute atomic E-state index is 12.3. The number of carbonyl (C=O) groups is 1. The number of hydrogen-bond acceptors (Lipinski definition) is 3. The number of piperidine rings is 1. The van der Waals surface area contributed by atoms with E-state index in [1.165, 1.54) is 12.8 Å². The fourth-order valence-corrected chi connectivity index (χ4v) is 4.04. The molecule has 0 radical (unpaired) electrons. The van der Waals surface area contributed by atoms with Gasteiger partial charge in [-0.3, -0.25) is 4.79 Å². The van der Waals surface area contributed by atoms with Crippen LogP contribution in [-0.4, -0.2) is 48.0 Å². The first-order valence-electron chi connectivity index (χ1n) is 7.27. The van der Waals surface area contributed by atoms with E-state index in [9.17, 15) is 4.79 Å². The van der Waals surface area contributed by atoms with Crippen LogP contribution in [-0.2, 0) is 4.79 Å². The van der Waals surface area contributed by atoms with E-state index in [1.807, 2.05) is 11.8 Å². The van der Waals surface area contributed by atoms with Crippen LogP contribution in [0.1, 0.15) is 33.1 Å². The molecule has 0 aromatic carbocycles. The molecule has 0 aromatic rings. The first kappa shape index (κ1) is 14.2. The highest BCUT2D eigenvalue weighted by atomic mass is 32.2. The summed E-state index contributed by atoms with van der Waals surface area (Å²) in [5.41, 5.74) is 0. The number of rotatable bonds is 3. The Balaban J connectivity index is 1.78. The summed E-state index contributed by atoms with van der Waals surface area (Å²) in [6, 6.07) is 0. The van der Waals surface area contributed by atoms with Crippen molar-refractivity contribution in [2.75, 3.05) is 31.9 Å². The van der Waals surface area contributed by atoms with Gasteiger partial charge in [0.1, 0.15) is 0 Å². The van der Waals surface area contributed by atoms with Gasteiger partial charge in [0, 0.05) is 30.5 Å². The largest absolute Gasteiger partial charge is 0.341 e. The number of carbonyl (C=O) groups excluding carboxylic acids is 1. The molecule has 2 fully saturated rings. The smallest absolute Gasteiger partial charge is 0.222 e. The van der Waals surface area contributed by atoms with Gasteiger partial charge < -0.3 is 10.2 Å². The number of nitrogens with zero attached hydrogens (tertiary/aromatic N) is 1. The third-order valence-electron chi connectivity index (χ3n) is 4.28. The zero-order valence-corrected chi connectivity index (χ0v) is 12.5. The van der Waals surface area contributed by atoms with Crippen molar-refractivity contribution in [3.8, 4) is 0 Å². The van der Waals surface area contributed by atoms with E-state index >= 15 is 0 Å². The molecular weight excluding hydrogens is 244 g/mol. The number of amides is 1. The second kappa shape index (κ2) is 6.80. The van der Waals surface area contributed by atoms with Gasteiger partial charge in [0.05, 0.1) is 0 Å². The molecule has 0 spiro atoms. The van der Waals surface area contributed by atoms with Gasteiger partial charge in [0.15, 0.2) is 0 Å². The zero-order chi connectivity index (χ0) is 13.0. The molecule has 0 aromatic heterocycles. The van der Waals surface area contributed by atoms with Gasteiger partial charge in [0.25, 0.3) is 0 Å². The van der Waals surface area contributed by atoms with E-state index in [0.29, 0.717) is 17.1 Å². The average molecular weight is 270 g/mol. The molecule has 2 atom stereocenters. The molecule has 18 heavy (non-hydrogen) atoms. The molecule has 2 heterocycles. The Kier molecular flexibility index (Phi) is 5.37. The molecule has 0 aliphatic carbocycles. The van der Waals surface area contributed by atoms with Crippen LogP contribution in [0.3, 0.4) is 0 Å². The monoisotopic (exact) mass is 270 g/mol. The maximum atomic E-state index is 12.3. The topological polar surface area (TPSA) is 32.3 Å². The lowest BCUT2D eigenvalue weighted by Crippen LogP contribution is -2.42. The fourth-order valence-electron chi connectivity index (χ4n) is 3.03. The second-order valence-electron chi connectivity index (χ2n) is 5.79. The Labute approximate surface area is 115 Å². The predicted molar refractivity (Wildman–Crippen MR) is 77.9 cm³/mol. The molecule has 1 amide bonds. The Morgan fingerprint density at radius 1 is 1.44 bits per heavy atom. The van der Waals surface area contributed by atoms with Crippen LogP contribution in [0.5, 0.6) is 0 Å². The van der Waals surface area contributed by atoms with Crippen LogP contribution < -0.4 is 5.32 Å². The van der Waals surface area contributed by atoms with Crippen LogP contribution in [0.25, 0.3) is 0 Å². The highest BCUT2D eigenvalue weighted by Gasteiger charge is 2.26. The van der Waals surface area contributed by atoms with Crippen LogP contribution >= 0.6 is 11.8 Å². The Morgan fingerprint density at radius 2 is 2.17 bits per heavy atom. The van der Waals surface area contributed by atoms with Crippen molar-refractivity contribution >= 4 is 17.7 Å². The van der Waals surface area contributed by atoms with Crippen LogP contribution in [0.15, 0.2) is 0 Å².